The average molecular weight is 1350 g/mol. The largest absolute Gasteiger partial charge is 0.370 e. The first-order chi connectivity index (χ1) is 45.2. The van der Waals surface area contributed by atoms with Crippen molar-refractivity contribution in [2.45, 2.75) is 183 Å². The van der Waals surface area contributed by atoms with Gasteiger partial charge in [0.05, 0.1) is 12.6 Å². The number of benzene rings is 2. The molecule has 2 aromatic rings. The number of rotatable bonds is 42. The molecular weight excluding hydrogens is 1250 g/mol. The van der Waals surface area contributed by atoms with Crippen molar-refractivity contribution in [3.63, 3.8) is 0 Å². The van der Waals surface area contributed by atoms with Crippen molar-refractivity contribution < 1.29 is 62.3 Å². The van der Waals surface area contributed by atoms with E-state index in [4.69, 9.17) is 40.1 Å². The van der Waals surface area contributed by atoms with Crippen molar-refractivity contribution in [1.82, 2.24) is 52.3 Å². The van der Waals surface area contributed by atoms with Gasteiger partial charge in [0, 0.05) is 45.3 Å². The molecular formula is C63H98N18O13S. The molecule has 0 saturated carbocycles. The molecule has 0 aliphatic carbocycles. The molecule has 2 saturated heterocycles. The Morgan fingerprint density at radius 2 is 1.01 bits per heavy atom. The lowest BCUT2D eigenvalue weighted by atomic mass is 10.0. The average Bonchev–Trinajstić information content (AvgIpc) is 1.74. The van der Waals surface area contributed by atoms with Gasteiger partial charge in [-0.15, -0.1) is 0 Å². The van der Waals surface area contributed by atoms with Gasteiger partial charge in [-0.1, -0.05) is 74.5 Å². The molecule has 0 radical (unpaired) electrons. The van der Waals surface area contributed by atoms with Crippen molar-refractivity contribution in [1.29, 1.82) is 0 Å². The zero-order valence-corrected chi connectivity index (χ0v) is 55.3. The third-order valence-corrected chi connectivity index (χ3v) is 16.7. The molecule has 2 heterocycles. The zero-order valence-electron chi connectivity index (χ0n) is 54.5. The second-order valence-electron chi connectivity index (χ2n) is 24.1. The molecule has 95 heavy (non-hydrogen) atoms. The van der Waals surface area contributed by atoms with Crippen molar-refractivity contribution in [2.75, 3.05) is 44.7 Å². The highest BCUT2D eigenvalue weighted by atomic mass is 32.2. The summed E-state index contributed by atoms with van der Waals surface area (Å²) in [6.07, 6.45) is 3.12. The van der Waals surface area contributed by atoms with Gasteiger partial charge in [0.2, 0.25) is 76.8 Å². The van der Waals surface area contributed by atoms with Gasteiger partial charge in [0.15, 0.2) is 5.96 Å². The van der Waals surface area contributed by atoms with E-state index in [1.807, 2.05) is 20.1 Å². The van der Waals surface area contributed by atoms with Gasteiger partial charge in [-0.2, -0.15) is 11.8 Å². The molecule has 22 N–H and O–H groups in total. The Labute approximate surface area is 558 Å². The predicted molar refractivity (Wildman–Crippen MR) is 356 cm³/mol. The van der Waals surface area contributed by atoms with Gasteiger partial charge in [0.25, 0.3) is 0 Å². The fourth-order valence-electron chi connectivity index (χ4n) is 11.0. The number of nitrogens with one attached hydrogen (secondary N) is 8. The van der Waals surface area contributed by atoms with Gasteiger partial charge in [-0.25, -0.2) is 0 Å². The topological polar surface area (TPSA) is 519 Å². The van der Waals surface area contributed by atoms with Crippen LogP contribution >= 0.6 is 11.8 Å². The number of nitrogens with zero attached hydrogens (tertiary/aromatic N) is 3. The summed E-state index contributed by atoms with van der Waals surface area (Å²) in [5, 5.41) is 21.1. The molecule has 10 atom stereocenters. The fourth-order valence-corrected chi connectivity index (χ4v) is 11.5. The van der Waals surface area contributed by atoms with Crippen LogP contribution in [0.3, 0.4) is 0 Å². The summed E-state index contributed by atoms with van der Waals surface area (Å²) in [6, 6.07) is 4.51. The molecule has 524 valence electrons. The smallest absolute Gasteiger partial charge is 0.245 e. The predicted octanol–water partition coefficient (Wildman–Crippen LogP) is -3.71. The van der Waals surface area contributed by atoms with Crippen LogP contribution in [-0.2, 0) is 75.2 Å². The standard InChI is InChI=1S/C63H98N18O13S/c1-37(2)33-45(57(89)74-41(53(68)85)27-32-95-3)73-52(84)36-72-54(86)46(34-38-15-6-4-7-16-38)78-58(90)47(35-39-17-8-5-9-18-39)79-56(88)42(23-25-50(66)82)75-55(87)43(24-26-51(67)83)76-59(91)49-22-14-31-81(49)62(94)44(20-10-11-28-64)77-60(92)48-21-13-30-80(48)61(93)40(65)19-12-29-71-63(69)70/h4-9,15-18,37,40-49H,10-14,19-36,64-65H2,1-3H3,(H2,66,82)(H2,67,83)(H2,68,85)(H,72,86)(H,73,84)(H,74,89)(H,75,87)(H,76,91)(H,77,92)(H,78,90)(H,79,88)(H4,69,70,71)/t40-,41-,42-,43+,44-,45+,46-,47+,48-,49+/m0/s1. The number of carbonyl (C=O) groups is 13. The lowest BCUT2D eigenvalue weighted by molar-refractivity contribution is -0.144. The Morgan fingerprint density at radius 3 is 1.51 bits per heavy atom. The van der Waals surface area contributed by atoms with Crippen LogP contribution in [-0.4, -0.2) is 198 Å². The maximum Gasteiger partial charge on any atom is 0.245 e. The second kappa shape index (κ2) is 41.0. The normalized spacial score (nSPS) is 16.8. The highest BCUT2D eigenvalue weighted by Gasteiger charge is 2.42. The Balaban J connectivity index is 1.56. The number of unbranched alkanes of at least 4 members (excludes halogenated alkanes) is 1. The number of amides is 13. The minimum Gasteiger partial charge on any atom is -0.370 e. The van der Waals surface area contributed by atoms with Crippen molar-refractivity contribution in [3.05, 3.63) is 71.8 Å². The molecule has 0 bridgehead atoms. The van der Waals surface area contributed by atoms with Crippen LogP contribution in [0.1, 0.15) is 121 Å². The van der Waals surface area contributed by atoms with Crippen LogP contribution in [0.2, 0.25) is 0 Å². The number of primary amides is 3. The van der Waals surface area contributed by atoms with E-state index in [0.717, 1.165) is 0 Å². The molecule has 2 aliphatic rings. The number of aliphatic imine (C=N–C) groups is 1. The van der Waals surface area contributed by atoms with E-state index in [9.17, 15) is 62.3 Å². The quantitative estimate of drug-likeness (QED) is 0.0173. The van der Waals surface area contributed by atoms with Crippen LogP contribution in [0.4, 0.5) is 0 Å². The Morgan fingerprint density at radius 1 is 0.537 bits per heavy atom. The fraction of sp³-hybridized carbons (Fsp3) is 0.587. The van der Waals surface area contributed by atoms with Gasteiger partial charge >= 0.3 is 0 Å². The third-order valence-electron chi connectivity index (χ3n) is 16.0. The van der Waals surface area contributed by atoms with Crippen LogP contribution < -0.4 is 82.7 Å². The number of thioether (sulfide) groups is 1. The monoisotopic (exact) mass is 1350 g/mol. The number of likely N-dealkylation sites (tertiary alicyclic amines) is 2. The van der Waals surface area contributed by atoms with Crippen LogP contribution in [0.15, 0.2) is 65.7 Å². The van der Waals surface area contributed by atoms with E-state index in [1.54, 1.807) is 60.7 Å². The molecule has 0 aromatic heterocycles. The van der Waals surface area contributed by atoms with Gasteiger partial charge in [-0.05, 0) is 119 Å². The van der Waals surface area contributed by atoms with E-state index < -0.39 is 169 Å². The lowest BCUT2D eigenvalue weighted by Gasteiger charge is -2.32. The summed E-state index contributed by atoms with van der Waals surface area (Å²) >= 11 is 1.45. The molecule has 31 nitrogen and oxygen atoms in total. The molecule has 2 aromatic carbocycles. The Bertz CT molecular complexity index is 2960. The molecule has 32 heteroatoms. The van der Waals surface area contributed by atoms with Crippen molar-refractivity contribution >= 4 is 94.5 Å². The number of hydrogen-bond acceptors (Lipinski definition) is 17. The summed E-state index contributed by atoms with van der Waals surface area (Å²) in [6.45, 7) is 3.86. The van der Waals surface area contributed by atoms with Crippen molar-refractivity contribution in [2.24, 2.45) is 51.0 Å². The van der Waals surface area contributed by atoms with E-state index in [-0.39, 0.29) is 83.0 Å². The maximum atomic E-state index is 14.7. The molecule has 0 unspecified atom stereocenters. The molecule has 0 spiro atoms. The number of hydrogen-bond donors (Lipinski definition) is 15. The van der Waals surface area contributed by atoms with E-state index in [1.165, 1.54) is 21.6 Å². The zero-order chi connectivity index (χ0) is 70.1. The second-order valence-corrected chi connectivity index (χ2v) is 25.1. The summed E-state index contributed by atoms with van der Waals surface area (Å²) in [7, 11) is 0. The minimum absolute atomic E-state index is 0.0736. The van der Waals surface area contributed by atoms with E-state index in [0.29, 0.717) is 55.4 Å². The first kappa shape index (κ1) is 78.5. The maximum absolute atomic E-state index is 14.7. The summed E-state index contributed by atoms with van der Waals surface area (Å²) < 4.78 is 0. The van der Waals surface area contributed by atoms with E-state index >= 15 is 0 Å². The van der Waals surface area contributed by atoms with Crippen LogP contribution in [0.5, 0.6) is 0 Å². The van der Waals surface area contributed by atoms with Gasteiger partial charge in [0.1, 0.15) is 54.4 Å². The first-order valence-electron chi connectivity index (χ1n) is 32.2. The molecule has 13 amide bonds. The first-order valence-corrected chi connectivity index (χ1v) is 33.6. The summed E-state index contributed by atoms with van der Waals surface area (Å²) in [5.41, 5.74) is 40.6. The highest BCUT2D eigenvalue weighted by Crippen LogP contribution is 2.24. The molecule has 2 fully saturated rings. The number of nitrogens with two attached hydrogens (primary N) is 7. The van der Waals surface area contributed by atoms with Crippen molar-refractivity contribution in [3.8, 4) is 0 Å². The SMILES string of the molecule is CSCC[C@H](NC(=O)[C@@H](CC(C)C)NC(=O)CNC(=O)[C@H](Cc1ccccc1)NC(=O)[C@@H](Cc1ccccc1)NC(=O)[C@H](CCC(N)=O)NC(=O)[C@@H](CCC(N)=O)NC(=O)[C@H]1CCCN1C(=O)[C@H](CCCCN)NC(=O)[C@@H]1CCCN1C(=O)[C@@H](N)CCCN=C(N)N)C(N)=O. The summed E-state index contributed by atoms with van der Waals surface area (Å²) in [5.74, 6) is -9.80. The summed E-state index contributed by atoms with van der Waals surface area (Å²) in [4.78, 5) is 185. The number of guanidine groups is 1. The van der Waals surface area contributed by atoms with E-state index in [2.05, 4.69) is 47.5 Å². The third kappa shape index (κ3) is 27.5. The van der Waals surface area contributed by atoms with Crippen LogP contribution in [0, 0.1) is 5.92 Å². The number of carbonyl (C=O) groups excluding carboxylic acids is 13. The van der Waals surface area contributed by atoms with Crippen LogP contribution in [0.25, 0.3) is 0 Å². The minimum atomic E-state index is -1.64. The Hall–Kier alpha value is -8.91. The molecule has 2 aliphatic heterocycles. The highest BCUT2D eigenvalue weighted by molar-refractivity contribution is 7.98. The molecule has 4 rings (SSSR count). The van der Waals surface area contributed by atoms with Gasteiger partial charge < -0.3 is 92.5 Å². The van der Waals surface area contributed by atoms with Gasteiger partial charge in [-0.3, -0.25) is 67.3 Å². The lowest BCUT2D eigenvalue weighted by Crippen LogP contribution is -2.60. The Kier molecular flexibility index (Phi) is 33.9.